The number of para-hydroxylation sites is 2. The zero-order valence-electron chi connectivity index (χ0n) is 14.7. The molecule has 5 heteroatoms. The number of methoxy groups -OCH3 is 1. The van der Waals surface area contributed by atoms with Crippen molar-refractivity contribution >= 4 is 17.3 Å². The molecule has 5 nitrogen and oxygen atoms in total. The SMILES string of the molecule is COc1ccccc1Nc1cc(N(C)Cc2ccccc2)nc(C)n1. The van der Waals surface area contributed by atoms with Gasteiger partial charge in [0.25, 0.3) is 0 Å². The third kappa shape index (κ3) is 4.26. The summed E-state index contributed by atoms with van der Waals surface area (Å²) < 4.78 is 5.39. The summed E-state index contributed by atoms with van der Waals surface area (Å²) in [6, 6.07) is 20.1. The van der Waals surface area contributed by atoms with E-state index in [1.807, 2.05) is 62.5 Å². The molecule has 0 fully saturated rings. The Morgan fingerprint density at radius 1 is 1.00 bits per heavy atom. The molecule has 0 unspecified atom stereocenters. The molecule has 3 aromatic rings. The van der Waals surface area contributed by atoms with Crippen LogP contribution in [0.25, 0.3) is 0 Å². The molecule has 0 atom stereocenters. The summed E-state index contributed by atoms with van der Waals surface area (Å²) in [5, 5.41) is 3.32. The predicted octanol–water partition coefficient (Wildman–Crippen LogP) is 4.17. The lowest BCUT2D eigenvalue weighted by Gasteiger charge is -2.20. The van der Waals surface area contributed by atoms with Crippen molar-refractivity contribution in [3.8, 4) is 5.75 Å². The van der Waals surface area contributed by atoms with Gasteiger partial charge in [-0.3, -0.25) is 0 Å². The van der Waals surface area contributed by atoms with E-state index in [2.05, 4.69) is 32.3 Å². The molecule has 0 bridgehead atoms. The van der Waals surface area contributed by atoms with Crippen molar-refractivity contribution in [1.29, 1.82) is 0 Å². The lowest BCUT2D eigenvalue weighted by Crippen LogP contribution is -2.18. The van der Waals surface area contributed by atoms with Gasteiger partial charge in [-0.15, -0.1) is 0 Å². The number of nitrogens with zero attached hydrogens (tertiary/aromatic N) is 3. The largest absolute Gasteiger partial charge is 0.495 e. The molecule has 0 amide bonds. The van der Waals surface area contributed by atoms with E-state index in [1.165, 1.54) is 5.56 Å². The molecule has 1 heterocycles. The standard InChI is InChI=1S/C20H22N4O/c1-15-21-19(23-17-11-7-8-12-18(17)25-3)13-20(22-15)24(2)14-16-9-5-4-6-10-16/h4-13H,14H2,1-3H3,(H,21,22,23). The van der Waals surface area contributed by atoms with Gasteiger partial charge < -0.3 is 15.0 Å². The molecule has 0 aliphatic rings. The van der Waals surface area contributed by atoms with Gasteiger partial charge in [-0.2, -0.15) is 0 Å². The first-order valence-corrected chi connectivity index (χ1v) is 8.16. The number of rotatable bonds is 6. The number of aryl methyl sites for hydroxylation is 1. The summed E-state index contributed by atoms with van der Waals surface area (Å²) in [6.45, 7) is 2.68. The Balaban J connectivity index is 1.82. The minimum absolute atomic E-state index is 0.717. The Kier molecular flexibility index (Phi) is 5.14. The third-order valence-corrected chi connectivity index (χ3v) is 3.85. The van der Waals surface area contributed by atoms with E-state index in [0.29, 0.717) is 0 Å². The van der Waals surface area contributed by atoms with Crippen LogP contribution in [0, 0.1) is 6.92 Å². The maximum Gasteiger partial charge on any atom is 0.142 e. The minimum atomic E-state index is 0.717. The molecule has 1 N–H and O–H groups in total. The molecule has 2 aromatic carbocycles. The Labute approximate surface area is 148 Å². The van der Waals surface area contributed by atoms with Crippen LogP contribution >= 0.6 is 0 Å². The molecule has 0 spiro atoms. The summed E-state index contributed by atoms with van der Waals surface area (Å²) in [7, 11) is 3.69. The molecular weight excluding hydrogens is 312 g/mol. The fourth-order valence-corrected chi connectivity index (χ4v) is 2.64. The van der Waals surface area contributed by atoms with Gasteiger partial charge in [0.15, 0.2) is 0 Å². The van der Waals surface area contributed by atoms with Gasteiger partial charge in [-0.1, -0.05) is 42.5 Å². The maximum absolute atomic E-state index is 5.39. The molecule has 25 heavy (non-hydrogen) atoms. The van der Waals surface area contributed by atoms with E-state index >= 15 is 0 Å². The number of ether oxygens (including phenoxy) is 1. The highest BCUT2D eigenvalue weighted by molar-refractivity contribution is 5.65. The van der Waals surface area contributed by atoms with E-state index in [-0.39, 0.29) is 0 Å². The van der Waals surface area contributed by atoms with Crippen molar-refractivity contribution < 1.29 is 4.74 Å². The van der Waals surface area contributed by atoms with Crippen LogP contribution in [-0.2, 0) is 6.54 Å². The zero-order chi connectivity index (χ0) is 17.6. The summed E-state index contributed by atoms with van der Waals surface area (Å²) in [4.78, 5) is 11.2. The fraction of sp³-hybridized carbons (Fsp3) is 0.200. The quantitative estimate of drug-likeness (QED) is 0.733. The maximum atomic E-state index is 5.39. The first-order chi connectivity index (χ1) is 12.2. The van der Waals surface area contributed by atoms with Crippen LogP contribution in [0.2, 0.25) is 0 Å². The van der Waals surface area contributed by atoms with E-state index < -0.39 is 0 Å². The zero-order valence-corrected chi connectivity index (χ0v) is 14.7. The Morgan fingerprint density at radius 3 is 2.48 bits per heavy atom. The van der Waals surface area contributed by atoms with E-state index in [1.54, 1.807) is 7.11 Å². The molecule has 0 aliphatic heterocycles. The third-order valence-electron chi connectivity index (χ3n) is 3.85. The molecular formula is C20H22N4O. The summed E-state index contributed by atoms with van der Waals surface area (Å²) >= 11 is 0. The Hall–Kier alpha value is -3.08. The lowest BCUT2D eigenvalue weighted by atomic mass is 10.2. The summed E-state index contributed by atoms with van der Waals surface area (Å²) in [5.41, 5.74) is 2.11. The van der Waals surface area contributed by atoms with Crippen molar-refractivity contribution in [3.05, 3.63) is 72.1 Å². The number of anilines is 3. The summed E-state index contributed by atoms with van der Waals surface area (Å²) in [6.07, 6.45) is 0. The van der Waals surface area contributed by atoms with E-state index in [9.17, 15) is 0 Å². The highest BCUT2D eigenvalue weighted by atomic mass is 16.5. The normalized spacial score (nSPS) is 10.4. The second-order valence-electron chi connectivity index (χ2n) is 5.83. The first-order valence-electron chi connectivity index (χ1n) is 8.16. The van der Waals surface area contributed by atoms with Crippen LogP contribution in [0.15, 0.2) is 60.7 Å². The fourth-order valence-electron chi connectivity index (χ4n) is 2.64. The predicted molar refractivity (Wildman–Crippen MR) is 102 cm³/mol. The molecule has 0 saturated carbocycles. The van der Waals surface area contributed by atoms with Crippen LogP contribution < -0.4 is 15.0 Å². The highest BCUT2D eigenvalue weighted by Gasteiger charge is 2.09. The minimum Gasteiger partial charge on any atom is -0.495 e. The van der Waals surface area contributed by atoms with Crippen molar-refractivity contribution in [2.24, 2.45) is 0 Å². The van der Waals surface area contributed by atoms with Crippen molar-refractivity contribution in [2.75, 3.05) is 24.4 Å². The first kappa shape index (κ1) is 16.8. The van der Waals surface area contributed by atoms with Crippen LogP contribution in [0.4, 0.5) is 17.3 Å². The Morgan fingerprint density at radius 2 is 1.72 bits per heavy atom. The van der Waals surface area contributed by atoms with E-state index in [0.717, 1.165) is 35.4 Å². The second-order valence-corrected chi connectivity index (χ2v) is 5.83. The van der Waals surface area contributed by atoms with Gasteiger partial charge in [0.2, 0.25) is 0 Å². The number of hydrogen-bond acceptors (Lipinski definition) is 5. The molecule has 0 radical (unpaired) electrons. The topological polar surface area (TPSA) is 50.3 Å². The number of benzene rings is 2. The molecule has 3 rings (SSSR count). The second kappa shape index (κ2) is 7.66. The van der Waals surface area contributed by atoms with Crippen LogP contribution in [-0.4, -0.2) is 24.1 Å². The summed E-state index contributed by atoms with van der Waals surface area (Å²) in [5.74, 6) is 3.11. The molecule has 0 saturated heterocycles. The van der Waals surface area contributed by atoms with Crippen molar-refractivity contribution in [1.82, 2.24) is 9.97 Å². The average molecular weight is 334 g/mol. The monoisotopic (exact) mass is 334 g/mol. The number of aromatic nitrogens is 2. The average Bonchev–Trinajstić information content (AvgIpc) is 2.62. The van der Waals surface area contributed by atoms with Gasteiger partial charge >= 0.3 is 0 Å². The van der Waals surface area contributed by atoms with Gasteiger partial charge in [-0.25, -0.2) is 9.97 Å². The van der Waals surface area contributed by atoms with Gasteiger partial charge in [-0.05, 0) is 24.6 Å². The molecule has 0 aliphatic carbocycles. The molecule has 1 aromatic heterocycles. The van der Waals surface area contributed by atoms with Crippen molar-refractivity contribution in [3.63, 3.8) is 0 Å². The van der Waals surface area contributed by atoms with Crippen molar-refractivity contribution in [2.45, 2.75) is 13.5 Å². The lowest BCUT2D eigenvalue weighted by molar-refractivity contribution is 0.417. The van der Waals surface area contributed by atoms with Gasteiger partial charge in [0, 0.05) is 19.7 Å². The Bertz CT molecular complexity index is 836. The van der Waals surface area contributed by atoms with Crippen LogP contribution in [0.3, 0.4) is 0 Å². The van der Waals surface area contributed by atoms with Crippen LogP contribution in [0.1, 0.15) is 11.4 Å². The van der Waals surface area contributed by atoms with Gasteiger partial charge in [0.05, 0.1) is 12.8 Å². The van der Waals surface area contributed by atoms with E-state index in [4.69, 9.17) is 4.74 Å². The highest BCUT2D eigenvalue weighted by Crippen LogP contribution is 2.27. The number of hydrogen-bond donors (Lipinski definition) is 1. The molecule has 128 valence electrons. The van der Waals surface area contributed by atoms with Gasteiger partial charge in [0.1, 0.15) is 23.2 Å². The smallest absolute Gasteiger partial charge is 0.142 e. The number of nitrogens with one attached hydrogen (secondary N) is 1. The van der Waals surface area contributed by atoms with Crippen LogP contribution in [0.5, 0.6) is 5.75 Å².